The van der Waals surface area contributed by atoms with Crippen molar-refractivity contribution in [1.82, 2.24) is 4.90 Å². The van der Waals surface area contributed by atoms with Crippen molar-refractivity contribution in [3.63, 3.8) is 0 Å². The predicted molar refractivity (Wildman–Crippen MR) is 75.0 cm³/mol. The normalized spacial score (nSPS) is 10.2. The third kappa shape index (κ3) is 3.37. The lowest BCUT2D eigenvalue weighted by Crippen LogP contribution is -2.31. The SMILES string of the molecule is CCc1ccccc1NC(=O)N(C)Cc1ccco1. The van der Waals surface area contributed by atoms with Gasteiger partial charge in [-0.3, -0.25) is 0 Å². The number of para-hydroxylation sites is 1. The lowest BCUT2D eigenvalue weighted by Gasteiger charge is -2.18. The molecule has 0 radical (unpaired) electrons. The van der Waals surface area contributed by atoms with Gasteiger partial charge < -0.3 is 14.6 Å². The number of nitrogens with one attached hydrogen (secondary N) is 1. The van der Waals surface area contributed by atoms with Gasteiger partial charge in [0, 0.05) is 12.7 Å². The molecule has 1 N–H and O–H groups in total. The maximum Gasteiger partial charge on any atom is 0.322 e. The number of benzene rings is 1. The topological polar surface area (TPSA) is 45.5 Å². The average Bonchev–Trinajstić information content (AvgIpc) is 2.92. The highest BCUT2D eigenvalue weighted by molar-refractivity contribution is 5.89. The van der Waals surface area contributed by atoms with Gasteiger partial charge >= 0.3 is 6.03 Å². The van der Waals surface area contributed by atoms with E-state index in [9.17, 15) is 4.79 Å². The van der Waals surface area contributed by atoms with Crippen LogP contribution in [0, 0.1) is 0 Å². The number of carbonyl (C=O) groups excluding carboxylic acids is 1. The molecule has 1 aromatic heterocycles. The summed E-state index contributed by atoms with van der Waals surface area (Å²) in [4.78, 5) is 13.7. The van der Waals surface area contributed by atoms with Crippen LogP contribution in [0.25, 0.3) is 0 Å². The molecule has 2 aromatic rings. The molecule has 0 saturated heterocycles. The van der Waals surface area contributed by atoms with Crippen molar-refractivity contribution in [3.05, 3.63) is 54.0 Å². The van der Waals surface area contributed by atoms with Crippen LogP contribution >= 0.6 is 0 Å². The summed E-state index contributed by atoms with van der Waals surface area (Å²) in [6, 6.07) is 11.3. The van der Waals surface area contributed by atoms with Gasteiger partial charge in [0.15, 0.2) is 0 Å². The number of hydrogen-bond donors (Lipinski definition) is 1. The Bertz CT molecular complexity index is 535. The van der Waals surface area contributed by atoms with Crippen molar-refractivity contribution >= 4 is 11.7 Å². The highest BCUT2D eigenvalue weighted by Gasteiger charge is 2.11. The second-order valence-electron chi connectivity index (χ2n) is 4.38. The summed E-state index contributed by atoms with van der Waals surface area (Å²) < 4.78 is 5.23. The van der Waals surface area contributed by atoms with Crippen LogP contribution in [0.3, 0.4) is 0 Å². The number of aryl methyl sites for hydroxylation is 1. The first-order chi connectivity index (χ1) is 9.20. The lowest BCUT2D eigenvalue weighted by molar-refractivity contribution is 0.216. The largest absolute Gasteiger partial charge is 0.467 e. The highest BCUT2D eigenvalue weighted by Crippen LogP contribution is 2.16. The summed E-state index contributed by atoms with van der Waals surface area (Å²) in [6.07, 6.45) is 2.49. The summed E-state index contributed by atoms with van der Waals surface area (Å²) >= 11 is 0. The Balaban J connectivity index is 2.00. The second kappa shape index (κ2) is 6.09. The van der Waals surface area contributed by atoms with Crippen molar-refractivity contribution in [2.24, 2.45) is 0 Å². The molecule has 0 unspecified atom stereocenters. The van der Waals surface area contributed by atoms with Crippen molar-refractivity contribution in [1.29, 1.82) is 0 Å². The molecule has 1 heterocycles. The van der Waals surface area contributed by atoms with E-state index in [4.69, 9.17) is 4.42 Å². The summed E-state index contributed by atoms with van der Waals surface area (Å²) in [5, 5.41) is 2.92. The molecule has 2 amide bonds. The summed E-state index contributed by atoms with van der Waals surface area (Å²) in [5.41, 5.74) is 1.99. The van der Waals surface area contributed by atoms with Gasteiger partial charge in [0.25, 0.3) is 0 Å². The molecule has 4 heteroatoms. The molecule has 0 aliphatic rings. The van der Waals surface area contributed by atoms with Crippen LogP contribution < -0.4 is 5.32 Å². The lowest BCUT2D eigenvalue weighted by atomic mass is 10.1. The molecule has 0 aliphatic heterocycles. The van der Waals surface area contributed by atoms with Crippen LogP contribution in [0.4, 0.5) is 10.5 Å². The first-order valence-electron chi connectivity index (χ1n) is 6.33. The maximum absolute atomic E-state index is 12.1. The van der Waals surface area contributed by atoms with Crippen LogP contribution in [0.2, 0.25) is 0 Å². The molecule has 1 aromatic carbocycles. The average molecular weight is 258 g/mol. The van der Waals surface area contributed by atoms with Crippen molar-refractivity contribution in [3.8, 4) is 0 Å². The van der Waals surface area contributed by atoms with Crippen molar-refractivity contribution in [2.45, 2.75) is 19.9 Å². The van der Waals surface area contributed by atoms with E-state index in [1.54, 1.807) is 18.2 Å². The van der Waals surface area contributed by atoms with Gasteiger partial charge in [-0.25, -0.2) is 4.79 Å². The molecule has 0 fully saturated rings. The zero-order valence-electron chi connectivity index (χ0n) is 11.2. The van der Waals surface area contributed by atoms with Crippen LogP contribution in [-0.4, -0.2) is 18.0 Å². The van der Waals surface area contributed by atoms with E-state index in [-0.39, 0.29) is 6.03 Å². The summed E-state index contributed by atoms with van der Waals surface area (Å²) in [5.74, 6) is 0.765. The van der Waals surface area contributed by atoms with Gasteiger partial charge in [0.1, 0.15) is 5.76 Å². The smallest absolute Gasteiger partial charge is 0.322 e. The van der Waals surface area contributed by atoms with Crippen LogP contribution in [-0.2, 0) is 13.0 Å². The van der Waals surface area contributed by atoms with Crippen LogP contribution in [0.15, 0.2) is 47.1 Å². The highest BCUT2D eigenvalue weighted by atomic mass is 16.3. The van der Waals surface area contributed by atoms with Crippen molar-refractivity contribution in [2.75, 3.05) is 12.4 Å². The first-order valence-corrected chi connectivity index (χ1v) is 6.33. The van der Waals surface area contributed by atoms with E-state index < -0.39 is 0 Å². The Morgan fingerprint density at radius 2 is 2.05 bits per heavy atom. The van der Waals surface area contributed by atoms with E-state index in [1.807, 2.05) is 36.4 Å². The number of rotatable bonds is 4. The third-order valence-electron chi connectivity index (χ3n) is 2.96. The standard InChI is InChI=1S/C15H18N2O2/c1-3-12-7-4-5-9-14(12)16-15(18)17(2)11-13-8-6-10-19-13/h4-10H,3,11H2,1-2H3,(H,16,18). The van der Waals surface area contributed by atoms with Gasteiger partial charge in [-0.05, 0) is 30.2 Å². The Morgan fingerprint density at radius 3 is 2.74 bits per heavy atom. The molecule has 100 valence electrons. The number of carbonyl (C=O) groups is 1. The van der Waals surface area contributed by atoms with Gasteiger partial charge in [-0.1, -0.05) is 25.1 Å². The zero-order valence-corrected chi connectivity index (χ0v) is 11.2. The minimum Gasteiger partial charge on any atom is -0.467 e. The van der Waals surface area contributed by atoms with E-state index >= 15 is 0 Å². The van der Waals surface area contributed by atoms with Gasteiger partial charge in [0.2, 0.25) is 0 Å². The fraction of sp³-hybridized carbons (Fsp3) is 0.267. The number of urea groups is 1. The molecule has 0 bridgehead atoms. The number of nitrogens with zero attached hydrogens (tertiary/aromatic N) is 1. The Kier molecular flexibility index (Phi) is 4.23. The number of furan rings is 1. The Labute approximate surface area is 113 Å². The van der Waals surface area contributed by atoms with Gasteiger partial charge in [-0.15, -0.1) is 0 Å². The molecule has 0 aliphatic carbocycles. The monoisotopic (exact) mass is 258 g/mol. The molecule has 0 spiro atoms. The van der Waals surface area contributed by atoms with Crippen molar-refractivity contribution < 1.29 is 9.21 Å². The zero-order chi connectivity index (χ0) is 13.7. The van der Waals surface area contributed by atoms with Crippen LogP contribution in [0.5, 0.6) is 0 Å². The van der Waals surface area contributed by atoms with Gasteiger partial charge in [-0.2, -0.15) is 0 Å². The van der Waals surface area contributed by atoms with E-state index in [0.717, 1.165) is 23.4 Å². The fourth-order valence-electron chi connectivity index (χ4n) is 1.87. The molecule has 4 nitrogen and oxygen atoms in total. The quantitative estimate of drug-likeness (QED) is 0.912. The number of amides is 2. The second-order valence-corrected chi connectivity index (χ2v) is 4.38. The molecule has 0 atom stereocenters. The first kappa shape index (κ1) is 13.2. The predicted octanol–water partition coefficient (Wildman–Crippen LogP) is 3.51. The van der Waals surface area contributed by atoms with E-state index in [2.05, 4.69) is 12.2 Å². The Hall–Kier alpha value is -2.23. The fourth-order valence-corrected chi connectivity index (χ4v) is 1.87. The number of anilines is 1. The molecule has 2 rings (SSSR count). The molecular weight excluding hydrogens is 240 g/mol. The molecule has 19 heavy (non-hydrogen) atoms. The van der Waals surface area contributed by atoms with Gasteiger partial charge in [0.05, 0.1) is 12.8 Å². The minimum atomic E-state index is -0.141. The molecular formula is C15H18N2O2. The third-order valence-corrected chi connectivity index (χ3v) is 2.96. The summed E-state index contributed by atoms with van der Waals surface area (Å²) in [7, 11) is 1.74. The van der Waals surface area contributed by atoms with E-state index in [1.165, 1.54) is 0 Å². The van der Waals surface area contributed by atoms with Crippen LogP contribution in [0.1, 0.15) is 18.2 Å². The maximum atomic E-state index is 12.1. The number of hydrogen-bond acceptors (Lipinski definition) is 2. The summed E-state index contributed by atoms with van der Waals surface area (Å²) in [6.45, 7) is 2.52. The minimum absolute atomic E-state index is 0.141. The van der Waals surface area contributed by atoms with E-state index in [0.29, 0.717) is 6.54 Å². The molecule has 0 saturated carbocycles. The Morgan fingerprint density at radius 1 is 1.26 bits per heavy atom.